The number of H-pyrrole nitrogens is 1. The highest BCUT2D eigenvalue weighted by Crippen LogP contribution is 2.44. The van der Waals surface area contributed by atoms with Crippen molar-refractivity contribution in [3.05, 3.63) is 70.4 Å². The molecule has 1 aromatic heterocycles. The van der Waals surface area contributed by atoms with Gasteiger partial charge in [0.15, 0.2) is 0 Å². The molecule has 30 heavy (non-hydrogen) atoms. The van der Waals surface area contributed by atoms with Gasteiger partial charge in [0.25, 0.3) is 5.91 Å². The molecule has 0 saturated carbocycles. The number of hydrogen-bond donors (Lipinski definition) is 2. The normalized spacial score (nSPS) is 15.8. The maximum absolute atomic E-state index is 13.2. The summed E-state index contributed by atoms with van der Waals surface area (Å²) in [6.07, 6.45) is 0.876. The summed E-state index contributed by atoms with van der Waals surface area (Å²) >= 11 is 6.17. The number of aromatic amines is 1. The molecule has 2 N–H and O–H groups in total. The van der Waals surface area contributed by atoms with Crippen LogP contribution in [0.4, 0.5) is 0 Å². The van der Waals surface area contributed by atoms with E-state index in [0.29, 0.717) is 35.1 Å². The summed E-state index contributed by atoms with van der Waals surface area (Å²) in [6.45, 7) is 5.12. The monoisotopic (exact) mass is 425 g/mol. The Morgan fingerprint density at radius 2 is 2.00 bits per heavy atom. The van der Waals surface area contributed by atoms with Gasteiger partial charge in [-0.2, -0.15) is 5.10 Å². The maximum atomic E-state index is 13.2. The highest BCUT2D eigenvalue weighted by molar-refractivity contribution is 6.31. The van der Waals surface area contributed by atoms with Crippen molar-refractivity contribution < 1.29 is 14.6 Å². The van der Waals surface area contributed by atoms with Crippen LogP contribution < -0.4 is 0 Å². The Balaban J connectivity index is 1.75. The van der Waals surface area contributed by atoms with Gasteiger partial charge in [-0.1, -0.05) is 41.9 Å². The van der Waals surface area contributed by atoms with Crippen LogP contribution in [0.2, 0.25) is 5.02 Å². The second-order valence-electron chi connectivity index (χ2n) is 7.61. The third-order valence-corrected chi connectivity index (χ3v) is 5.42. The number of aromatic hydroxyl groups is 1. The van der Waals surface area contributed by atoms with E-state index in [-0.39, 0.29) is 23.8 Å². The van der Waals surface area contributed by atoms with Gasteiger partial charge < -0.3 is 14.7 Å². The third-order valence-electron chi connectivity index (χ3n) is 5.19. The molecule has 1 aliphatic heterocycles. The fourth-order valence-electron chi connectivity index (χ4n) is 3.87. The van der Waals surface area contributed by atoms with Gasteiger partial charge in [0, 0.05) is 29.3 Å². The maximum Gasteiger partial charge on any atom is 0.273 e. The lowest BCUT2D eigenvalue weighted by atomic mass is 9.95. The molecule has 2 heterocycles. The van der Waals surface area contributed by atoms with E-state index in [1.54, 1.807) is 12.1 Å². The van der Waals surface area contributed by atoms with Crippen molar-refractivity contribution in [2.45, 2.75) is 32.4 Å². The van der Waals surface area contributed by atoms with Crippen LogP contribution >= 0.6 is 11.6 Å². The molecular formula is C23H24ClN3O3. The number of aromatic nitrogens is 2. The number of carbonyl (C=O) groups excluding carboxylic acids is 1. The molecule has 0 fully saturated rings. The number of phenolic OH excluding ortho intramolecular Hbond substituents is 1. The van der Waals surface area contributed by atoms with E-state index in [4.69, 9.17) is 16.3 Å². The Labute approximate surface area is 180 Å². The first-order valence-corrected chi connectivity index (χ1v) is 10.4. The van der Waals surface area contributed by atoms with Gasteiger partial charge in [0.2, 0.25) is 0 Å². The Bertz CT molecular complexity index is 1050. The number of fused-ring (bicyclic) bond motifs is 1. The first-order valence-electron chi connectivity index (χ1n) is 10.0. The van der Waals surface area contributed by atoms with Crippen molar-refractivity contribution in [2.75, 3.05) is 13.2 Å². The number of rotatable bonds is 7. The molecule has 3 aromatic rings. The van der Waals surface area contributed by atoms with Crippen LogP contribution in [0.5, 0.6) is 5.75 Å². The second-order valence-corrected chi connectivity index (χ2v) is 8.04. The van der Waals surface area contributed by atoms with E-state index in [1.165, 1.54) is 6.07 Å². The molecule has 0 aliphatic carbocycles. The number of ether oxygens (including phenoxy) is 1. The molecule has 6 nitrogen and oxygen atoms in total. The number of nitrogens with one attached hydrogen (secondary N) is 1. The van der Waals surface area contributed by atoms with Crippen LogP contribution in [0.25, 0.3) is 11.3 Å². The number of amides is 1. The minimum absolute atomic E-state index is 0.0664. The highest BCUT2D eigenvalue weighted by Gasteiger charge is 2.42. The molecule has 1 aliphatic rings. The zero-order chi connectivity index (χ0) is 21.3. The van der Waals surface area contributed by atoms with E-state index in [1.807, 2.05) is 49.1 Å². The molecule has 7 heteroatoms. The SMILES string of the molecule is CC(C)OCCCN1C(=O)c2[nH]nc(-c3cc(Cl)ccc3O)c2C1c1ccccc1. The number of hydrogen-bond acceptors (Lipinski definition) is 4. The summed E-state index contributed by atoms with van der Waals surface area (Å²) in [5.74, 6) is -0.0413. The standard InChI is InChI=1S/C23H24ClN3O3/c1-14(2)30-12-6-11-27-22(15-7-4-3-5-8-15)19-20(25-26-21(19)23(27)29)17-13-16(24)9-10-18(17)28/h3-5,7-10,13-14,22,28H,6,11-12H2,1-2H3,(H,25,26). The molecule has 0 radical (unpaired) electrons. The van der Waals surface area contributed by atoms with Crippen LogP contribution in [0.1, 0.15) is 47.9 Å². The quantitative estimate of drug-likeness (QED) is 0.533. The van der Waals surface area contributed by atoms with Gasteiger partial charge in [-0.05, 0) is 44.0 Å². The average Bonchev–Trinajstić information content (AvgIpc) is 3.27. The number of nitrogens with zero attached hydrogens (tertiary/aromatic N) is 2. The molecule has 0 spiro atoms. The van der Waals surface area contributed by atoms with E-state index in [9.17, 15) is 9.90 Å². The van der Waals surface area contributed by atoms with Gasteiger partial charge >= 0.3 is 0 Å². The van der Waals surface area contributed by atoms with Crippen LogP contribution in [-0.4, -0.2) is 45.4 Å². The Kier molecular flexibility index (Phi) is 5.79. The molecule has 4 rings (SSSR count). The molecule has 156 valence electrons. The summed E-state index contributed by atoms with van der Waals surface area (Å²) in [4.78, 5) is 15.1. The number of phenols is 1. The fraction of sp³-hybridized carbons (Fsp3) is 0.304. The minimum Gasteiger partial charge on any atom is -0.507 e. The van der Waals surface area contributed by atoms with Gasteiger partial charge in [0.1, 0.15) is 17.1 Å². The lowest BCUT2D eigenvalue weighted by molar-refractivity contribution is 0.0601. The topological polar surface area (TPSA) is 78.5 Å². The molecule has 1 amide bonds. The van der Waals surface area contributed by atoms with Crippen molar-refractivity contribution in [3.63, 3.8) is 0 Å². The van der Waals surface area contributed by atoms with Crippen molar-refractivity contribution in [3.8, 4) is 17.0 Å². The molecule has 2 aromatic carbocycles. The summed E-state index contributed by atoms with van der Waals surface area (Å²) < 4.78 is 5.65. The first kappa shape index (κ1) is 20.4. The molecule has 1 unspecified atom stereocenters. The van der Waals surface area contributed by atoms with Gasteiger partial charge in [-0.15, -0.1) is 0 Å². The summed E-state index contributed by atoms with van der Waals surface area (Å²) in [6, 6.07) is 14.4. The number of benzene rings is 2. The number of carbonyl (C=O) groups is 1. The fourth-order valence-corrected chi connectivity index (χ4v) is 4.04. The van der Waals surface area contributed by atoms with E-state index < -0.39 is 0 Å². The largest absolute Gasteiger partial charge is 0.507 e. The number of halogens is 1. The summed E-state index contributed by atoms with van der Waals surface area (Å²) in [5.41, 5.74) is 3.22. The van der Waals surface area contributed by atoms with E-state index >= 15 is 0 Å². The van der Waals surface area contributed by atoms with Gasteiger partial charge in [-0.25, -0.2) is 0 Å². The smallest absolute Gasteiger partial charge is 0.273 e. The van der Waals surface area contributed by atoms with Crippen molar-refractivity contribution in [1.82, 2.24) is 15.1 Å². The van der Waals surface area contributed by atoms with Crippen LogP contribution in [0.3, 0.4) is 0 Å². The third kappa shape index (κ3) is 3.80. The van der Waals surface area contributed by atoms with Crippen LogP contribution in [0, 0.1) is 0 Å². The second kappa shape index (κ2) is 8.50. The van der Waals surface area contributed by atoms with Gasteiger partial charge in [-0.3, -0.25) is 9.89 Å². The summed E-state index contributed by atoms with van der Waals surface area (Å²) in [5, 5.41) is 18.2. The molecular weight excluding hydrogens is 402 g/mol. The Morgan fingerprint density at radius 1 is 1.23 bits per heavy atom. The average molecular weight is 426 g/mol. The van der Waals surface area contributed by atoms with E-state index in [2.05, 4.69) is 10.2 Å². The molecule has 1 atom stereocenters. The Hall–Kier alpha value is -2.83. The van der Waals surface area contributed by atoms with Crippen molar-refractivity contribution >= 4 is 17.5 Å². The molecule has 0 saturated heterocycles. The van der Waals surface area contributed by atoms with E-state index in [0.717, 1.165) is 17.5 Å². The van der Waals surface area contributed by atoms with Crippen LogP contribution in [-0.2, 0) is 4.74 Å². The lowest BCUT2D eigenvalue weighted by Crippen LogP contribution is -2.31. The lowest BCUT2D eigenvalue weighted by Gasteiger charge is -2.26. The van der Waals surface area contributed by atoms with Crippen molar-refractivity contribution in [1.29, 1.82) is 0 Å². The minimum atomic E-state index is -0.306. The van der Waals surface area contributed by atoms with Crippen LogP contribution in [0.15, 0.2) is 48.5 Å². The zero-order valence-electron chi connectivity index (χ0n) is 16.9. The predicted molar refractivity (Wildman–Crippen MR) is 116 cm³/mol. The zero-order valence-corrected chi connectivity index (χ0v) is 17.7. The predicted octanol–water partition coefficient (Wildman–Crippen LogP) is 4.80. The molecule has 0 bridgehead atoms. The summed E-state index contributed by atoms with van der Waals surface area (Å²) in [7, 11) is 0. The highest BCUT2D eigenvalue weighted by atomic mass is 35.5. The Morgan fingerprint density at radius 3 is 2.73 bits per heavy atom. The van der Waals surface area contributed by atoms with Crippen molar-refractivity contribution in [2.24, 2.45) is 0 Å². The van der Waals surface area contributed by atoms with Gasteiger partial charge in [0.05, 0.1) is 12.1 Å². The first-order chi connectivity index (χ1) is 14.5.